The highest BCUT2D eigenvalue weighted by Crippen LogP contribution is 2.23. The van der Waals surface area contributed by atoms with Gasteiger partial charge in [0.2, 0.25) is 5.91 Å². The van der Waals surface area contributed by atoms with Crippen molar-refractivity contribution in [1.82, 2.24) is 5.32 Å². The molecule has 0 aromatic carbocycles. The molecule has 0 aromatic heterocycles. The van der Waals surface area contributed by atoms with Gasteiger partial charge in [-0.2, -0.15) is 8.42 Å². The van der Waals surface area contributed by atoms with E-state index >= 15 is 0 Å². The Balaban J connectivity index is 2.94. The molecule has 0 spiro atoms. The van der Waals surface area contributed by atoms with Crippen LogP contribution in [0.25, 0.3) is 0 Å². The van der Waals surface area contributed by atoms with Gasteiger partial charge < -0.3 is 25.4 Å². The Morgan fingerprint density at radius 2 is 2.00 bits per heavy atom. The molecule has 4 N–H and O–H groups in total. The molecular formula is C9H17NO8S. The molecule has 0 saturated carbocycles. The second kappa shape index (κ2) is 6.11. The van der Waals surface area contributed by atoms with Crippen LogP contribution >= 0.6 is 0 Å². The number of carbonyl (C=O) groups is 1. The molecule has 1 amide bonds. The fourth-order valence-electron chi connectivity index (χ4n) is 1.79. The first kappa shape index (κ1) is 16.3. The Morgan fingerprint density at radius 3 is 2.42 bits per heavy atom. The summed E-state index contributed by atoms with van der Waals surface area (Å²) in [5.74, 6) is -0.549. The van der Waals surface area contributed by atoms with Gasteiger partial charge in [-0.15, -0.1) is 0 Å². The highest BCUT2D eigenvalue weighted by atomic mass is 32.2. The van der Waals surface area contributed by atoms with E-state index < -0.39 is 53.3 Å². The maximum atomic E-state index is 11.1. The van der Waals surface area contributed by atoms with Crippen LogP contribution in [-0.4, -0.2) is 73.2 Å². The van der Waals surface area contributed by atoms with Gasteiger partial charge in [0, 0.05) is 6.92 Å². The number of amides is 1. The van der Waals surface area contributed by atoms with Gasteiger partial charge in [0.05, 0.1) is 12.9 Å². The first-order valence-electron chi connectivity index (χ1n) is 5.43. The molecule has 0 unspecified atom stereocenters. The molecule has 5 atom stereocenters. The van der Waals surface area contributed by atoms with Crippen molar-refractivity contribution < 1.29 is 37.5 Å². The summed E-state index contributed by atoms with van der Waals surface area (Å²) in [7, 11) is -3.91. The quantitative estimate of drug-likeness (QED) is 0.400. The van der Waals surface area contributed by atoms with E-state index in [-0.39, 0.29) is 0 Å². The average molecular weight is 299 g/mol. The predicted octanol–water partition coefficient (Wildman–Crippen LogP) is -3.09. The van der Waals surface area contributed by atoms with Gasteiger partial charge in [-0.05, 0) is 0 Å². The number of ether oxygens (including phenoxy) is 1. The van der Waals surface area contributed by atoms with E-state index in [0.29, 0.717) is 0 Å². The molecular weight excluding hydrogens is 282 g/mol. The minimum atomic E-state index is -3.91. The molecule has 0 aromatic rings. The van der Waals surface area contributed by atoms with E-state index in [1.165, 1.54) is 0 Å². The fraction of sp³-hybridized carbons (Fsp3) is 0.889. The third-order valence-corrected chi connectivity index (χ3v) is 3.10. The molecule has 1 saturated heterocycles. The lowest BCUT2D eigenvalue weighted by Crippen LogP contribution is -2.64. The molecule has 9 nitrogen and oxygen atoms in total. The van der Waals surface area contributed by atoms with Crippen LogP contribution in [-0.2, 0) is 23.8 Å². The van der Waals surface area contributed by atoms with Crippen LogP contribution in [0.2, 0.25) is 0 Å². The maximum Gasteiger partial charge on any atom is 0.264 e. The molecule has 1 aliphatic rings. The first-order valence-corrected chi connectivity index (χ1v) is 7.25. The Hall–Kier alpha value is -0.780. The van der Waals surface area contributed by atoms with Crippen molar-refractivity contribution in [3.8, 4) is 0 Å². The predicted molar refractivity (Wildman–Crippen MR) is 61.3 cm³/mol. The second-order valence-corrected chi connectivity index (χ2v) is 5.83. The van der Waals surface area contributed by atoms with E-state index in [4.69, 9.17) is 9.84 Å². The largest absolute Gasteiger partial charge is 0.394 e. The minimum Gasteiger partial charge on any atom is -0.394 e. The van der Waals surface area contributed by atoms with E-state index in [1.807, 2.05) is 0 Å². The number of aliphatic hydroxyl groups is 3. The van der Waals surface area contributed by atoms with Crippen LogP contribution in [0, 0.1) is 0 Å². The minimum absolute atomic E-state index is 0.549. The molecule has 112 valence electrons. The first-order chi connectivity index (χ1) is 8.65. The van der Waals surface area contributed by atoms with E-state index in [0.717, 1.165) is 13.2 Å². The van der Waals surface area contributed by atoms with Crippen molar-refractivity contribution in [3.05, 3.63) is 0 Å². The van der Waals surface area contributed by atoms with E-state index in [1.54, 1.807) is 0 Å². The molecule has 0 radical (unpaired) electrons. The standard InChI is InChI=1S/C9H17NO8S/c1-4(12)10-6-7(13)8(18-19(2,15)16)5(3-11)17-9(6)14/h5-9,11,13-14H,3H2,1-2H3,(H,10,12)/t5-,6-,7+,8-,9+/m0/s1. The summed E-state index contributed by atoms with van der Waals surface area (Å²) in [5, 5.41) is 30.8. The summed E-state index contributed by atoms with van der Waals surface area (Å²) in [6.45, 7) is 0.491. The van der Waals surface area contributed by atoms with Crippen LogP contribution in [0.15, 0.2) is 0 Å². The van der Waals surface area contributed by atoms with Gasteiger partial charge in [-0.25, -0.2) is 0 Å². The number of carbonyl (C=O) groups excluding carboxylic acids is 1. The highest BCUT2D eigenvalue weighted by Gasteiger charge is 2.47. The van der Waals surface area contributed by atoms with Crippen molar-refractivity contribution in [2.45, 2.75) is 37.6 Å². The molecule has 1 heterocycles. The molecule has 1 aliphatic heterocycles. The fourth-order valence-corrected chi connectivity index (χ4v) is 2.43. The molecule has 1 rings (SSSR count). The van der Waals surface area contributed by atoms with Gasteiger partial charge >= 0.3 is 0 Å². The monoisotopic (exact) mass is 299 g/mol. The van der Waals surface area contributed by atoms with Crippen LogP contribution < -0.4 is 5.32 Å². The van der Waals surface area contributed by atoms with E-state index in [9.17, 15) is 23.4 Å². The zero-order valence-corrected chi connectivity index (χ0v) is 11.2. The number of hydrogen-bond acceptors (Lipinski definition) is 8. The Kier molecular flexibility index (Phi) is 5.24. The third-order valence-electron chi connectivity index (χ3n) is 2.53. The summed E-state index contributed by atoms with van der Waals surface area (Å²) in [4.78, 5) is 10.9. The van der Waals surface area contributed by atoms with Crippen LogP contribution in [0.3, 0.4) is 0 Å². The summed E-state index contributed by atoms with van der Waals surface area (Å²) >= 11 is 0. The van der Waals surface area contributed by atoms with Crippen molar-refractivity contribution >= 4 is 16.0 Å². The SMILES string of the molecule is CC(=O)N[C@H]1[C@@H](O)[C@@H](OS(C)(=O)=O)[C@H](CO)O[C@H]1O. The lowest BCUT2D eigenvalue weighted by atomic mass is 9.97. The number of aliphatic hydroxyl groups excluding tert-OH is 3. The van der Waals surface area contributed by atoms with Crippen molar-refractivity contribution in [2.24, 2.45) is 0 Å². The zero-order chi connectivity index (χ0) is 14.8. The van der Waals surface area contributed by atoms with E-state index in [2.05, 4.69) is 9.50 Å². The maximum absolute atomic E-state index is 11.1. The van der Waals surface area contributed by atoms with Gasteiger partial charge in [-0.1, -0.05) is 0 Å². The van der Waals surface area contributed by atoms with Crippen LogP contribution in [0.4, 0.5) is 0 Å². The van der Waals surface area contributed by atoms with Gasteiger partial charge in [0.1, 0.15) is 24.4 Å². The summed E-state index contributed by atoms with van der Waals surface area (Å²) in [6, 6.07) is -1.26. The van der Waals surface area contributed by atoms with Crippen LogP contribution in [0.1, 0.15) is 6.92 Å². The lowest BCUT2D eigenvalue weighted by Gasteiger charge is -2.41. The van der Waals surface area contributed by atoms with Gasteiger partial charge in [-0.3, -0.25) is 8.98 Å². The topological polar surface area (TPSA) is 142 Å². The lowest BCUT2D eigenvalue weighted by molar-refractivity contribution is -0.247. The molecule has 0 aliphatic carbocycles. The van der Waals surface area contributed by atoms with Crippen molar-refractivity contribution in [1.29, 1.82) is 0 Å². The highest BCUT2D eigenvalue weighted by molar-refractivity contribution is 7.86. The normalized spacial score (nSPS) is 35.9. The molecule has 19 heavy (non-hydrogen) atoms. The summed E-state index contributed by atoms with van der Waals surface area (Å²) in [6.07, 6.45) is -5.04. The van der Waals surface area contributed by atoms with Gasteiger partial charge in [0.15, 0.2) is 6.29 Å². The third kappa shape index (κ3) is 4.37. The number of hydrogen-bond donors (Lipinski definition) is 4. The Morgan fingerprint density at radius 1 is 1.42 bits per heavy atom. The Labute approximate surface area is 110 Å². The summed E-state index contributed by atoms with van der Waals surface area (Å²) in [5.41, 5.74) is 0. The van der Waals surface area contributed by atoms with Crippen LogP contribution in [0.5, 0.6) is 0 Å². The smallest absolute Gasteiger partial charge is 0.264 e. The van der Waals surface area contributed by atoms with Gasteiger partial charge in [0.25, 0.3) is 10.1 Å². The average Bonchev–Trinajstić information content (AvgIpc) is 2.26. The number of nitrogens with one attached hydrogen (secondary N) is 1. The summed E-state index contributed by atoms with van der Waals surface area (Å²) < 4.78 is 31.7. The number of rotatable bonds is 4. The molecule has 10 heteroatoms. The molecule has 1 fully saturated rings. The van der Waals surface area contributed by atoms with Crippen molar-refractivity contribution in [2.75, 3.05) is 12.9 Å². The Bertz CT molecular complexity index is 424. The zero-order valence-electron chi connectivity index (χ0n) is 10.4. The molecule has 0 bridgehead atoms. The second-order valence-electron chi connectivity index (χ2n) is 4.23. The van der Waals surface area contributed by atoms with Crippen molar-refractivity contribution in [3.63, 3.8) is 0 Å².